The normalized spacial score (nSPS) is 12.4. The maximum Gasteiger partial charge on any atom is 0.124 e. The number of benzene rings is 1. The van der Waals surface area contributed by atoms with Crippen LogP contribution in [0.4, 0.5) is 4.39 Å². The van der Waals surface area contributed by atoms with Crippen molar-refractivity contribution in [3.05, 3.63) is 64.2 Å². The molecule has 2 aromatic rings. The first-order chi connectivity index (χ1) is 9.61. The van der Waals surface area contributed by atoms with Gasteiger partial charge in [-0.15, -0.1) is 0 Å². The number of hydrogen-bond acceptors (Lipinski definition) is 2. The quantitative estimate of drug-likeness (QED) is 0.898. The first-order valence-electron chi connectivity index (χ1n) is 6.70. The number of nitrogens with one attached hydrogen (secondary N) is 1. The van der Waals surface area contributed by atoms with Gasteiger partial charge >= 0.3 is 0 Å². The van der Waals surface area contributed by atoms with Crippen LogP contribution in [0.1, 0.15) is 29.8 Å². The first-order valence-corrected chi connectivity index (χ1v) is 7.08. The zero-order valence-electron chi connectivity index (χ0n) is 11.7. The highest BCUT2D eigenvalue weighted by atomic mass is 35.5. The van der Waals surface area contributed by atoms with Gasteiger partial charge in [0.05, 0.1) is 0 Å². The molecule has 1 heterocycles. The molecule has 0 spiro atoms. The molecule has 0 bridgehead atoms. The second kappa shape index (κ2) is 6.82. The lowest BCUT2D eigenvalue weighted by atomic mass is 9.97. The average Bonchev–Trinajstić information content (AvgIpc) is 2.42. The molecule has 1 unspecified atom stereocenters. The molecule has 20 heavy (non-hydrogen) atoms. The molecular weight excluding hydrogens is 275 g/mol. The van der Waals surface area contributed by atoms with E-state index in [1.165, 1.54) is 12.1 Å². The molecule has 1 aromatic heterocycles. The van der Waals surface area contributed by atoms with Crippen LogP contribution in [0.25, 0.3) is 0 Å². The van der Waals surface area contributed by atoms with Crippen LogP contribution in [0.3, 0.4) is 0 Å². The zero-order chi connectivity index (χ0) is 14.5. The van der Waals surface area contributed by atoms with Crippen molar-refractivity contribution in [1.29, 1.82) is 0 Å². The van der Waals surface area contributed by atoms with Crippen molar-refractivity contribution in [1.82, 2.24) is 10.3 Å². The highest BCUT2D eigenvalue weighted by Crippen LogP contribution is 2.25. The first kappa shape index (κ1) is 14.9. The summed E-state index contributed by atoms with van der Waals surface area (Å²) in [5.74, 6) is -0.309. The van der Waals surface area contributed by atoms with Crippen molar-refractivity contribution in [3.63, 3.8) is 0 Å². The second-order valence-corrected chi connectivity index (χ2v) is 5.14. The molecule has 1 aromatic carbocycles. The summed E-state index contributed by atoms with van der Waals surface area (Å²) in [5.41, 5.74) is 3.08. The van der Waals surface area contributed by atoms with Crippen molar-refractivity contribution >= 4 is 11.6 Å². The fourth-order valence-corrected chi connectivity index (χ4v) is 2.55. The van der Waals surface area contributed by atoms with E-state index in [0.29, 0.717) is 11.4 Å². The van der Waals surface area contributed by atoms with Gasteiger partial charge in [-0.25, -0.2) is 4.39 Å². The number of pyridine rings is 1. The minimum Gasteiger partial charge on any atom is -0.310 e. The number of hydrogen-bond donors (Lipinski definition) is 1. The van der Waals surface area contributed by atoms with Crippen molar-refractivity contribution in [2.24, 2.45) is 0 Å². The summed E-state index contributed by atoms with van der Waals surface area (Å²) >= 11 is 6.12. The summed E-state index contributed by atoms with van der Waals surface area (Å²) in [6.45, 7) is 4.90. The van der Waals surface area contributed by atoms with Crippen LogP contribution in [0.2, 0.25) is 5.02 Å². The molecule has 0 fully saturated rings. The summed E-state index contributed by atoms with van der Waals surface area (Å²) in [7, 11) is 0. The Labute approximate surface area is 124 Å². The monoisotopic (exact) mass is 292 g/mol. The van der Waals surface area contributed by atoms with Crippen LogP contribution in [-0.4, -0.2) is 11.5 Å². The summed E-state index contributed by atoms with van der Waals surface area (Å²) in [4.78, 5) is 4.33. The van der Waals surface area contributed by atoms with Gasteiger partial charge in [0.25, 0.3) is 0 Å². The highest BCUT2D eigenvalue weighted by Gasteiger charge is 2.15. The minimum atomic E-state index is -0.309. The lowest BCUT2D eigenvalue weighted by Gasteiger charge is -2.20. The number of rotatable bonds is 5. The molecule has 0 aliphatic heterocycles. The second-order valence-electron chi connectivity index (χ2n) is 4.73. The molecule has 106 valence electrons. The Morgan fingerprint density at radius 2 is 2.15 bits per heavy atom. The third kappa shape index (κ3) is 3.56. The van der Waals surface area contributed by atoms with E-state index in [-0.39, 0.29) is 11.9 Å². The zero-order valence-corrected chi connectivity index (χ0v) is 12.4. The summed E-state index contributed by atoms with van der Waals surface area (Å²) in [6, 6.07) is 8.66. The third-order valence-corrected chi connectivity index (χ3v) is 3.66. The van der Waals surface area contributed by atoms with Crippen LogP contribution >= 0.6 is 11.6 Å². The van der Waals surface area contributed by atoms with E-state index in [1.54, 1.807) is 12.3 Å². The SMILES string of the molecule is CCNC(Cc1ccc(F)cc1Cl)c1cccnc1C. The van der Waals surface area contributed by atoms with Gasteiger partial charge in [0.1, 0.15) is 5.82 Å². The van der Waals surface area contributed by atoms with Crippen molar-refractivity contribution in [2.75, 3.05) is 6.54 Å². The summed E-state index contributed by atoms with van der Waals surface area (Å²) in [6.07, 6.45) is 2.49. The van der Waals surface area contributed by atoms with Gasteiger partial charge in [-0.05, 0) is 49.2 Å². The molecule has 2 rings (SSSR count). The minimum absolute atomic E-state index is 0.122. The Morgan fingerprint density at radius 3 is 2.80 bits per heavy atom. The van der Waals surface area contributed by atoms with Crippen LogP contribution in [0.5, 0.6) is 0 Å². The van der Waals surface area contributed by atoms with Crippen molar-refractivity contribution in [2.45, 2.75) is 26.3 Å². The molecular formula is C16H18ClFN2. The predicted octanol–water partition coefficient (Wildman–Crippen LogP) is 4.08. The molecule has 1 N–H and O–H groups in total. The van der Waals surface area contributed by atoms with Crippen LogP contribution in [-0.2, 0) is 6.42 Å². The summed E-state index contributed by atoms with van der Waals surface area (Å²) in [5, 5.41) is 3.90. The van der Waals surface area contributed by atoms with Gasteiger partial charge in [-0.3, -0.25) is 4.98 Å². The van der Waals surface area contributed by atoms with Crippen LogP contribution < -0.4 is 5.32 Å². The van der Waals surface area contributed by atoms with E-state index >= 15 is 0 Å². The number of halogens is 2. The molecule has 0 aliphatic rings. The standard InChI is InChI=1S/C16H18ClFN2/c1-3-19-16(14-5-4-8-20-11(14)2)9-12-6-7-13(18)10-15(12)17/h4-8,10,16,19H,3,9H2,1-2H3. The lowest BCUT2D eigenvalue weighted by molar-refractivity contribution is 0.544. The lowest BCUT2D eigenvalue weighted by Crippen LogP contribution is -2.24. The predicted molar refractivity (Wildman–Crippen MR) is 80.5 cm³/mol. The maximum atomic E-state index is 13.1. The van der Waals surface area contributed by atoms with Gasteiger partial charge in [0.15, 0.2) is 0 Å². The topological polar surface area (TPSA) is 24.9 Å². The Bertz CT molecular complexity index is 586. The highest BCUT2D eigenvalue weighted by molar-refractivity contribution is 6.31. The number of aryl methyl sites for hydroxylation is 1. The average molecular weight is 293 g/mol. The van der Waals surface area contributed by atoms with Crippen molar-refractivity contribution in [3.8, 4) is 0 Å². The van der Waals surface area contributed by atoms with Gasteiger partial charge in [0.2, 0.25) is 0 Å². The van der Waals surface area contributed by atoms with E-state index in [1.807, 2.05) is 13.0 Å². The molecule has 0 saturated carbocycles. The Morgan fingerprint density at radius 1 is 1.35 bits per heavy atom. The molecule has 0 saturated heterocycles. The van der Waals surface area contributed by atoms with Crippen molar-refractivity contribution < 1.29 is 4.39 Å². The van der Waals surface area contributed by atoms with Crippen LogP contribution in [0.15, 0.2) is 36.5 Å². The molecule has 0 amide bonds. The molecule has 2 nitrogen and oxygen atoms in total. The van der Waals surface area contributed by atoms with Gasteiger partial charge < -0.3 is 5.32 Å². The third-order valence-electron chi connectivity index (χ3n) is 3.31. The number of aromatic nitrogens is 1. The van der Waals surface area contributed by atoms with E-state index in [0.717, 1.165) is 23.4 Å². The largest absolute Gasteiger partial charge is 0.310 e. The smallest absolute Gasteiger partial charge is 0.124 e. The fourth-order valence-electron chi connectivity index (χ4n) is 2.31. The maximum absolute atomic E-state index is 13.1. The van der Waals surface area contributed by atoms with Gasteiger partial charge in [-0.2, -0.15) is 0 Å². The van der Waals surface area contributed by atoms with E-state index in [4.69, 9.17) is 11.6 Å². The molecule has 0 radical (unpaired) electrons. The van der Waals surface area contributed by atoms with Gasteiger partial charge in [0, 0.05) is 23.0 Å². The summed E-state index contributed by atoms with van der Waals surface area (Å²) < 4.78 is 13.1. The molecule has 0 aliphatic carbocycles. The Balaban J connectivity index is 2.28. The number of nitrogens with zero attached hydrogens (tertiary/aromatic N) is 1. The van der Waals surface area contributed by atoms with E-state index in [2.05, 4.69) is 23.3 Å². The van der Waals surface area contributed by atoms with Crippen LogP contribution in [0, 0.1) is 12.7 Å². The molecule has 1 atom stereocenters. The van der Waals surface area contributed by atoms with Gasteiger partial charge in [-0.1, -0.05) is 30.7 Å². The fraction of sp³-hybridized carbons (Fsp3) is 0.312. The Kier molecular flexibility index (Phi) is 5.10. The number of likely N-dealkylation sites (N-methyl/N-ethyl adjacent to an activating group) is 1. The van der Waals surface area contributed by atoms with E-state index < -0.39 is 0 Å². The Hall–Kier alpha value is -1.45. The molecule has 4 heteroatoms. The van der Waals surface area contributed by atoms with E-state index in [9.17, 15) is 4.39 Å².